The number of likely N-dealkylation sites (N-methyl/N-ethyl adjacent to an activating group) is 2. The molecule has 0 spiro atoms. The highest BCUT2D eigenvalue weighted by molar-refractivity contribution is 5.91. The van der Waals surface area contributed by atoms with Crippen molar-refractivity contribution in [2.45, 2.75) is 53.4 Å². The Morgan fingerprint density at radius 1 is 0.947 bits per heavy atom. The summed E-state index contributed by atoms with van der Waals surface area (Å²) < 4.78 is 17.2. The van der Waals surface area contributed by atoms with E-state index in [0.29, 0.717) is 48.1 Å². The summed E-state index contributed by atoms with van der Waals surface area (Å²) in [5.41, 5.74) is 0.986. The minimum absolute atomic E-state index is 0. The minimum Gasteiger partial charge on any atom is -0.491 e. The van der Waals surface area contributed by atoms with Crippen LogP contribution in [0.15, 0.2) is 36.5 Å². The van der Waals surface area contributed by atoms with Gasteiger partial charge in [-0.3, -0.25) is 9.78 Å². The Morgan fingerprint density at radius 3 is 2.24 bits per heavy atom. The van der Waals surface area contributed by atoms with E-state index in [1.165, 1.54) is 0 Å². The number of pyridine rings is 1. The highest BCUT2D eigenvalue weighted by Crippen LogP contribution is 2.33. The molecule has 38 heavy (non-hydrogen) atoms. The molecule has 1 amide bonds. The van der Waals surface area contributed by atoms with Crippen molar-refractivity contribution in [2.75, 3.05) is 40.3 Å². The molecule has 0 saturated heterocycles. The molecule has 1 heterocycles. The number of benzene rings is 1. The zero-order valence-corrected chi connectivity index (χ0v) is 25.0. The van der Waals surface area contributed by atoms with Crippen molar-refractivity contribution >= 4 is 36.7 Å². The van der Waals surface area contributed by atoms with Crippen molar-refractivity contribution in [3.63, 3.8) is 0 Å². The molecule has 0 aliphatic heterocycles. The summed E-state index contributed by atoms with van der Waals surface area (Å²) >= 11 is 0. The van der Waals surface area contributed by atoms with Gasteiger partial charge in [-0.05, 0) is 73.0 Å². The highest BCUT2D eigenvalue weighted by Gasteiger charge is 2.16. The molecule has 11 heteroatoms. The highest BCUT2D eigenvalue weighted by atomic mass is 35.5. The lowest BCUT2D eigenvalue weighted by molar-refractivity contribution is -0.130. The van der Waals surface area contributed by atoms with Gasteiger partial charge in [0.25, 0.3) is 0 Å². The summed E-state index contributed by atoms with van der Waals surface area (Å²) in [6.07, 6.45) is 1.45. The molecule has 1 N–H and O–H groups in total. The normalized spacial score (nSPS) is 10.6. The lowest BCUT2D eigenvalue weighted by Gasteiger charge is -2.23. The number of carbonyl (C=O) groups excluding carboxylic acids is 2. The van der Waals surface area contributed by atoms with Crippen LogP contribution in [0.5, 0.6) is 17.2 Å². The molecule has 0 unspecified atom stereocenters. The van der Waals surface area contributed by atoms with E-state index in [9.17, 15) is 9.59 Å². The Hall–Kier alpha value is -2.59. The van der Waals surface area contributed by atoms with Crippen LogP contribution in [0, 0.1) is 0 Å². The molecule has 214 valence electrons. The van der Waals surface area contributed by atoms with Crippen molar-refractivity contribution in [3.8, 4) is 17.2 Å². The first-order valence-electron chi connectivity index (χ1n) is 12.4. The Balaban J connectivity index is 0.00000684. The fourth-order valence-electron chi connectivity index (χ4n) is 3.31. The van der Waals surface area contributed by atoms with Crippen molar-refractivity contribution < 1.29 is 23.8 Å². The van der Waals surface area contributed by atoms with E-state index in [2.05, 4.69) is 10.3 Å². The zero-order valence-electron chi connectivity index (χ0n) is 23.4. The largest absolute Gasteiger partial charge is 0.491 e. The Kier molecular flexibility index (Phi) is 16.6. The SMILES string of the molecule is CCN(CCN(C)C)C(=O)CNCc1cc(C(=O)Oc2ccc(OC(C)C)cc2OC(C)C)ccn1.Cl.Cl. The van der Waals surface area contributed by atoms with Crippen molar-refractivity contribution in [1.29, 1.82) is 0 Å². The van der Waals surface area contributed by atoms with Gasteiger partial charge >= 0.3 is 5.97 Å². The fourth-order valence-corrected chi connectivity index (χ4v) is 3.31. The van der Waals surface area contributed by atoms with Crippen molar-refractivity contribution in [1.82, 2.24) is 20.1 Å². The zero-order chi connectivity index (χ0) is 26.7. The van der Waals surface area contributed by atoms with Gasteiger partial charge in [-0.25, -0.2) is 4.79 Å². The molecule has 0 atom stereocenters. The number of hydrogen-bond donors (Lipinski definition) is 1. The first-order valence-corrected chi connectivity index (χ1v) is 12.4. The number of esters is 1. The fraction of sp³-hybridized carbons (Fsp3) is 0.519. The van der Waals surface area contributed by atoms with Crippen LogP contribution >= 0.6 is 24.8 Å². The van der Waals surface area contributed by atoms with Gasteiger partial charge in [-0.1, -0.05) is 0 Å². The summed E-state index contributed by atoms with van der Waals surface area (Å²) in [7, 11) is 3.96. The van der Waals surface area contributed by atoms with E-state index in [-0.39, 0.29) is 49.5 Å². The quantitative estimate of drug-likeness (QED) is 0.265. The molecule has 0 bridgehead atoms. The predicted octanol–water partition coefficient (Wildman–Crippen LogP) is 4.22. The molecule has 1 aromatic heterocycles. The van der Waals surface area contributed by atoms with Crippen LogP contribution in [-0.4, -0.2) is 79.1 Å². The molecular weight excluding hydrogens is 531 g/mol. The molecular formula is C27H42Cl2N4O5. The lowest BCUT2D eigenvalue weighted by Crippen LogP contribution is -2.41. The van der Waals surface area contributed by atoms with E-state index < -0.39 is 5.97 Å². The third-order valence-electron chi connectivity index (χ3n) is 5.04. The molecule has 0 fully saturated rings. The summed E-state index contributed by atoms with van der Waals surface area (Å²) in [5, 5.41) is 3.12. The lowest BCUT2D eigenvalue weighted by atomic mass is 10.2. The smallest absolute Gasteiger partial charge is 0.343 e. The van der Waals surface area contributed by atoms with Crippen molar-refractivity contribution in [2.24, 2.45) is 0 Å². The first kappa shape index (κ1) is 35.4. The molecule has 0 aliphatic rings. The maximum atomic E-state index is 12.9. The van der Waals surface area contributed by atoms with Crippen LogP contribution in [-0.2, 0) is 11.3 Å². The third kappa shape index (κ3) is 12.3. The number of hydrogen-bond acceptors (Lipinski definition) is 8. The Labute approximate surface area is 239 Å². The number of ether oxygens (including phenoxy) is 3. The predicted molar refractivity (Wildman–Crippen MR) is 154 cm³/mol. The van der Waals surface area contributed by atoms with Crippen LogP contribution in [0.1, 0.15) is 50.7 Å². The monoisotopic (exact) mass is 572 g/mol. The van der Waals surface area contributed by atoms with Crippen LogP contribution in [0.2, 0.25) is 0 Å². The molecule has 1 aromatic carbocycles. The first-order chi connectivity index (χ1) is 17.1. The van der Waals surface area contributed by atoms with E-state index in [1.54, 1.807) is 36.5 Å². The number of nitrogens with one attached hydrogen (secondary N) is 1. The van der Waals surface area contributed by atoms with Gasteiger partial charge in [0.2, 0.25) is 5.91 Å². The molecule has 0 radical (unpaired) electrons. The summed E-state index contributed by atoms with van der Waals surface area (Å²) in [6, 6.07) is 8.38. The van der Waals surface area contributed by atoms with Crippen LogP contribution in [0.4, 0.5) is 0 Å². The van der Waals surface area contributed by atoms with Crippen LogP contribution in [0.3, 0.4) is 0 Å². The van der Waals surface area contributed by atoms with Crippen LogP contribution in [0.25, 0.3) is 0 Å². The van der Waals surface area contributed by atoms with Gasteiger partial charge in [0, 0.05) is 38.4 Å². The number of amides is 1. The summed E-state index contributed by atoms with van der Waals surface area (Å²) in [5.74, 6) is 0.875. The molecule has 2 aromatic rings. The second kappa shape index (κ2) is 17.8. The van der Waals surface area contributed by atoms with Gasteiger partial charge < -0.3 is 29.3 Å². The minimum atomic E-state index is -0.526. The van der Waals surface area contributed by atoms with Gasteiger partial charge in [0.05, 0.1) is 30.0 Å². The average molecular weight is 574 g/mol. The average Bonchev–Trinajstić information content (AvgIpc) is 2.80. The van der Waals surface area contributed by atoms with Gasteiger partial charge in [0.1, 0.15) is 5.75 Å². The molecule has 2 rings (SSSR count). The van der Waals surface area contributed by atoms with E-state index >= 15 is 0 Å². The van der Waals surface area contributed by atoms with Gasteiger partial charge in [-0.15, -0.1) is 24.8 Å². The van der Waals surface area contributed by atoms with E-state index in [4.69, 9.17) is 14.2 Å². The summed E-state index contributed by atoms with van der Waals surface area (Å²) in [4.78, 5) is 33.5. The van der Waals surface area contributed by atoms with E-state index in [0.717, 1.165) is 6.54 Å². The number of rotatable bonds is 14. The number of halogens is 2. The number of aromatic nitrogens is 1. The van der Waals surface area contributed by atoms with Gasteiger partial charge in [0.15, 0.2) is 11.5 Å². The summed E-state index contributed by atoms with van der Waals surface area (Å²) in [6.45, 7) is 12.3. The number of carbonyl (C=O) groups is 2. The van der Waals surface area contributed by atoms with Crippen LogP contribution < -0.4 is 19.5 Å². The van der Waals surface area contributed by atoms with Gasteiger partial charge in [-0.2, -0.15) is 0 Å². The number of nitrogens with zero attached hydrogens (tertiary/aromatic N) is 3. The Morgan fingerprint density at radius 2 is 1.63 bits per heavy atom. The third-order valence-corrected chi connectivity index (χ3v) is 5.04. The maximum Gasteiger partial charge on any atom is 0.343 e. The van der Waals surface area contributed by atoms with Crippen molar-refractivity contribution in [3.05, 3.63) is 47.8 Å². The topological polar surface area (TPSA) is 93.2 Å². The van der Waals surface area contributed by atoms with E-state index in [1.807, 2.05) is 58.5 Å². The second-order valence-corrected chi connectivity index (χ2v) is 9.25. The second-order valence-electron chi connectivity index (χ2n) is 9.25. The molecule has 0 saturated carbocycles. The molecule has 9 nitrogen and oxygen atoms in total. The maximum absolute atomic E-state index is 12.9. The Bertz CT molecular complexity index is 1010. The standard InChI is InChI=1S/C27H40N4O5.2ClH/c1-8-31(14-13-30(6)7)26(32)18-28-17-22-15-21(11-12-29-22)27(33)36-24-10-9-23(34-19(2)3)16-25(24)35-20(4)5;;/h9-12,15-16,19-20,28H,8,13-14,17-18H2,1-7H3;2*1H. The molecule has 0 aliphatic carbocycles.